The van der Waals surface area contributed by atoms with Gasteiger partial charge in [0.1, 0.15) is 5.75 Å². The van der Waals surface area contributed by atoms with Gasteiger partial charge in [-0.25, -0.2) is 0 Å². The Morgan fingerprint density at radius 1 is 1.05 bits per heavy atom. The van der Waals surface area contributed by atoms with Crippen LogP contribution in [0.1, 0.15) is 53.0 Å². The molecule has 1 unspecified atom stereocenters. The summed E-state index contributed by atoms with van der Waals surface area (Å²) in [6, 6.07) is 19.9. The van der Waals surface area contributed by atoms with Gasteiger partial charge in [-0.15, -0.1) is 21.5 Å². The fourth-order valence-corrected chi connectivity index (χ4v) is 6.76. The van der Waals surface area contributed by atoms with Crippen LogP contribution in [0.4, 0.5) is 5.13 Å². The number of ketones is 1. The average Bonchev–Trinajstić information content (AvgIpc) is 3.72. The lowest BCUT2D eigenvalue weighted by atomic mass is 9.95. The van der Waals surface area contributed by atoms with Gasteiger partial charge in [0.15, 0.2) is 10.1 Å². The molecular weight excluding hydrogens is 551 g/mol. The molecule has 1 amide bonds. The van der Waals surface area contributed by atoms with Crippen molar-refractivity contribution in [2.24, 2.45) is 0 Å². The van der Waals surface area contributed by atoms with E-state index in [0.717, 1.165) is 24.8 Å². The standard InChI is InChI=1S/C29H27N3O4S3/c1-2-3-7-16-36-21-14-12-20(13-15-21)24-23(25(33)22-11-8-17-37-22)26(34)27(35)32(24)28-30-31-29(39-28)38-18-19-9-5-4-6-10-19/h4-6,8-15,17,24,34H,2-3,7,16,18H2,1H3. The number of nitrogens with zero attached hydrogens (tertiary/aromatic N) is 3. The lowest BCUT2D eigenvalue weighted by Crippen LogP contribution is -2.31. The van der Waals surface area contributed by atoms with Crippen molar-refractivity contribution >= 4 is 51.3 Å². The van der Waals surface area contributed by atoms with E-state index in [0.29, 0.717) is 38.0 Å². The van der Waals surface area contributed by atoms with E-state index < -0.39 is 17.7 Å². The Labute approximate surface area is 239 Å². The summed E-state index contributed by atoms with van der Waals surface area (Å²) in [6.07, 6.45) is 3.19. The number of Topliss-reactive ketones (excluding diaryl/α,β-unsaturated/α-hetero) is 1. The maximum atomic E-state index is 13.5. The van der Waals surface area contributed by atoms with Gasteiger partial charge in [-0.3, -0.25) is 14.5 Å². The number of hydrogen-bond acceptors (Lipinski definition) is 9. The van der Waals surface area contributed by atoms with Crippen LogP contribution in [-0.2, 0) is 10.5 Å². The Morgan fingerprint density at radius 3 is 2.56 bits per heavy atom. The number of amides is 1. The van der Waals surface area contributed by atoms with Gasteiger partial charge in [0.25, 0.3) is 5.91 Å². The van der Waals surface area contributed by atoms with Crippen LogP contribution in [0.3, 0.4) is 0 Å². The molecule has 1 N–H and O–H groups in total. The minimum absolute atomic E-state index is 0.0350. The number of benzene rings is 2. The second-order valence-electron chi connectivity index (χ2n) is 8.90. The van der Waals surface area contributed by atoms with Crippen LogP contribution in [0.15, 0.2) is 87.8 Å². The summed E-state index contributed by atoms with van der Waals surface area (Å²) >= 11 is 4.04. The quantitative estimate of drug-likeness (QED) is 0.0821. The van der Waals surface area contributed by atoms with Crippen molar-refractivity contribution in [1.29, 1.82) is 0 Å². The second-order valence-corrected chi connectivity index (χ2v) is 12.0. The van der Waals surface area contributed by atoms with Crippen molar-refractivity contribution in [1.82, 2.24) is 10.2 Å². The van der Waals surface area contributed by atoms with Gasteiger partial charge in [0.05, 0.1) is 23.1 Å². The summed E-state index contributed by atoms with van der Waals surface area (Å²) in [6.45, 7) is 2.77. The fraction of sp³-hybridized carbons (Fsp3) is 0.241. The molecule has 39 heavy (non-hydrogen) atoms. The molecule has 7 nitrogen and oxygen atoms in total. The number of aliphatic hydroxyl groups excluding tert-OH is 1. The maximum Gasteiger partial charge on any atom is 0.296 e. The number of carbonyl (C=O) groups excluding carboxylic acids is 2. The number of aromatic nitrogens is 2. The molecule has 0 aliphatic carbocycles. The topological polar surface area (TPSA) is 92.6 Å². The SMILES string of the molecule is CCCCCOc1ccc(C2C(C(=O)c3cccs3)=C(O)C(=O)N2c2nnc(SCc3ccccc3)s2)cc1. The van der Waals surface area contributed by atoms with Crippen molar-refractivity contribution in [2.45, 2.75) is 42.3 Å². The van der Waals surface area contributed by atoms with E-state index in [1.54, 1.807) is 17.5 Å². The molecule has 1 atom stereocenters. The van der Waals surface area contributed by atoms with Gasteiger partial charge in [-0.1, -0.05) is 91.4 Å². The highest BCUT2D eigenvalue weighted by Gasteiger charge is 2.46. The molecule has 2 aromatic heterocycles. The molecule has 0 saturated carbocycles. The molecule has 0 radical (unpaired) electrons. The van der Waals surface area contributed by atoms with E-state index in [-0.39, 0.29) is 11.4 Å². The number of carbonyl (C=O) groups is 2. The monoisotopic (exact) mass is 577 g/mol. The Bertz CT molecular complexity index is 1450. The van der Waals surface area contributed by atoms with Crippen molar-refractivity contribution in [2.75, 3.05) is 11.5 Å². The molecular formula is C29H27N3O4S3. The molecule has 0 saturated heterocycles. The number of aliphatic hydroxyl groups is 1. The lowest BCUT2D eigenvalue weighted by Gasteiger charge is -2.24. The van der Waals surface area contributed by atoms with Gasteiger partial charge < -0.3 is 9.84 Å². The van der Waals surface area contributed by atoms with Gasteiger partial charge in [0, 0.05) is 5.75 Å². The summed E-state index contributed by atoms with van der Waals surface area (Å²) in [7, 11) is 0. The zero-order valence-electron chi connectivity index (χ0n) is 21.3. The van der Waals surface area contributed by atoms with Crippen LogP contribution < -0.4 is 9.64 Å². The number of anilines is 1. The third-order valence-corrected chi connectivity index (χ3v) is 9.21. The van der Waals surface area contributed by atoms with Crippen molar-refractivity contribution in [3.8, 4) is 5.75 Å². The van der Waals surface area contributed by atoms with E-state index in [9.17, 15) is 14.7 Å². The second kappa shape index (κ2) is 12.6. The minimum Gasteiger partial charge on any atom is -0.503 e. The van der Waals surface area contributed by atoms with Crippen LogP contribution in [0.5, 0.6) is 5.75 Å². The Morgan fingerprint density at radius 2 is 1.85 bits per heavy atom. The molecule has 3 heterocycles. The molecule has 0 bridgehead atoms. The molecule has 1 aliphatic rings. The number of rotatable bonds is 12. The van der Waals surface area contributed by atoms with Gasteiger partial charge in [-0.2, -0.15) is 0 Å². The van der Waals surface area contributed by atoms with Crippen molar-refractivity contribution < 1.29 is 19.4 Å². The van der Waals surface area contributed by atoms with Crippen molar-refractivity contribution in [3.05, 3.63) is 99.4 Å². The Kier molecular flexibility index (Phi) is 8.75. The van der Waals surface area contributed by atoms with Crippen LogP contribution in [0.25, 0.3) is 0 Å². The maximum absolute atomic E-state index is 13.5. The first-order chi connectivity index (χ1) is 19.1. The predicted octanol–water partition coefficient (Wildman–Crippen LogP) is 7.24. The highest BCUT2D eigenvalue weighted by Crippen LogP contribution is 2.44. The fourth-order valence-electron chi connectivity index (χ4n) is 4.26. The van der Waals surface area contributed by atoms with Gasteiger partial charge >= 0.3 is 0 Å². The largest absolute Gasteiger partial charge is 0.503 e. The zero-order valence-corrected chi connectivity index (χ0v) is 23.7. The summed E-state index contributed by atoms with van der Waals surface area (Å²) < 4.78 is 6.54. The molecule has 0 fully saturated rings. The van der Waals surface area contributed by atoms with Crippen LogP contribution in [0, 0.1) is 0 Å². The molecule has 5 rings (SSSR count). The van der Waals surface area contributed by atoms with Crippen LogP contribution >= 0.6 is 34.4 Å². The summed E-state index contributed by atoms with van der Waals surface area (Å²) in [5.74, 6) is -0.201. The van der Waals surface area contributed by atoms with E-state index in [1.807, 2.05) is 54.6 Å². The van der Waals surface area contributed by atoms with Crippen LogP contribution in [-0.4, -0.2) is 33.6 Å². The third kappa shape index (κ3) is 6.08. The third-order valence-electron chi connectivity index (χ3n) is 6.22. The smallest absolute Gasteiger partial charge is 0.296 e. The highest BCUT2D eigenvalue weighted by molar-refractivity contribution is 8.00. The number of unbranched alkanes of at least 4 members (excludes halogenated alkanes) is 2. The number of thiophene rings is 1. The lowest BCUT2D eigenvalue weighted by molar-refractivity contribution is -0.117. The van der Waals surface area contributed by atoms with Gasteiger partial charge in [-0.05, 0) is 41.1 Å². The number of thioether (sulfide) groups is 1. The molecule has 0 spiro atoms. The Balaban J connectivity index is 1.44. The van der Waals surface area contributed by atoms with Gasteiger partial charge in [0.2, 0.25) is 10.9 Å². The summed E-state index contributed by atoms with van der Waals surface area (Å²) in [5.41, 5.74) is 1.85. The van der Waals surface area contributed by atoms with E-state index in [2.05, 4.69) is 17.1 Å². The molecule has 10 heteroatoms. The molecule has 4 aromatic rings. The predicted molar refractivity (Wildman–Crippen MR) is 156 cm³/mol. The first-order valence-electron chi connectivity index (χ1n) is 12.6. The highest BCUT2D eigenvalue weighted by atomic mass is 32.2. The summed E-state index contributed by atoms with van der Waals surface area (Å²) in [5, 5.41) is 21.6. The van der Waals surface area contributed by atoms with Crippen LogP contribution in [0.2, 0.25) is 0 Å². The first-order valence-corrected chi connectivity index (χ1v) is 15.3. The van der Waals surface area contributed by atoms with Crippen molar-refractivity contribution in [3.63, 3.8) is 0 Å². The van der Waals surface area contributed by atoms with E-state index in [4.69, 9.17) is 4.74 Å². The van der Waals surface area contributed by atoms with E-state index in [1.165, 1.54) is 39.3 Å². The Hall–Kier alpha value is -3.47. The zero-order chi connectivity index (χ0) is 27.2. The summed E-state index contributed by atoms with van der Waals surface area (Å²) in [4.78, 5) is 28.7. The molecule has 200 valence electrons. The minimum atomic E-state index is -0.846. The van der Waals surface area contributed by atoms with E-state index >= 15 is 0 Å². The first kappa shape index (κ1) is 27.1. The normalized spacial score (nSPS) is 15.3. The molecule has 2 aromatic carbocycles. The number of hydrogen-bond donors (Lipinski definition) is 1. The molecule has 1 aliphatic heterocycles. The average molecular weight is 578 g/mol. The number of ether oxygens (including phenoxy) is 1.